The van der Waals surface area contributed by atoms with Crippen molar-refractivity contribution >= 4 is 47.7 Å². The van der Waals surface area contributed by atoms with Gasteiger partial charge in [-0.1, -0.05) is 44.0 Å². The van der Waals surface area contributed by atoms with E-state index >= 15 is 0 Å². The van der Waals surface area contributed by atoms with E-state index in [1.54, 1.807) is 0 Å². The van der Waals surface area contributed by atoms with Gasteiger partial charge in [-0.15, -0.1) is 0 Å². The molecule has 29 heavy (non-hydrogen) atoms. The van der Waals surface area contributed by atoms with Crippen LogP contribution in [0.3, 0.4) is 0 Å². The molecule has 1 aliphatic heterocycles. The molecule has 0 aromatic heterocycles. The van der Waals surface area contributed by atoms with Crippen LogP contribution in [0.15, 0.2) is 51.9 Å². The smallest absolute Gasteiger partial charge is 0.264 e. The molecular formula is C21H23Br2NO4S. The second-order valence-electron chi connectivity index (χ2n) is 6.87. The van der Waals surface area contributed by atoms with Crippen LogP contribution in [0.2, 0.25) is 0 Å². The Labute approximate surface area is 188 Å². The zero-order chi connectivity index (χ0) is 20.9. The highest BCUT2D eigenvalue weighted by Crippen LogP contribution is 2.26. The first-order valence-electron chi connectivity index (χ1n) is 9.36. The van der Waals surface area contributed by atoms with Crippen LogP contribution in [0.25, 0.3) is 0 Å². The van der Waals surface area contributed by atoms with E-state index in [4.69, 9.17) is 13.9 Å². The number of rotatable bonds is 9. The standard InChI is InChI=1S/C21H23Br2NO4S/c1-29(25,26)28-19(3-2-11-22)14-27-18-8-9-20-16(13-18)10-12-24-21(20)15-4-6-17(23)7-5-15/h4-9,13,19H,2-3,10-12,14H2,1H3. The van der Waals surface area contributed by atoms with Gasteiger partial charge in [-0.2, -0.15) is 8.42 Å². The molecule has 0 spiro atoms. The average Bonchev–Trinajstić information content (AvgIpc) is 2.69. The predicted octanol–water partition coefficient (Wildman–Crippen LogP) is 4.74. The maximum Gasteiger partial charge on any atom is 0.264 e. The number of alkyl halides is 1. The molecular weight excluding hydrogens is 522 g/mol. The summed E-state index contributed by atoms with van der Waals surface area (Å²) in [5, 5.41) is 0.785. The van der Waals surface area contributed by atoms with Crippen molar-refractivity contribution in [1.82, 2.24) is 0 Å². The normalized spacial score (nSPS) is 14.8. The monoisotopic (exact) mass is 543 g/mol. The molecule has 0 bridgehead atoms. The first-order chi connectivity index (χ1) is 13.9. The van der Waals surface area contributed by atoms with Gasteiger partial charge in [-0.05, 0) is 55.2 Å². The van der Waals surface area contributed by atoms with E-state index in [9.17, 15) is 8.42 Å². The zero-order valence-corrected chi connectivity index (χ0v) is 20.1. The molecule has 8 heteroatoms. The Morgan fingerprint density at radius 1 is 1.17 bits per heavy atom. The summed E-state index contributed by atoms with van der Waals surface area (Å²) in [6.45, 7) is 0.916. The second kappa shape index (κ2) is 10.2. The fourth-order valence-corrected chi connectivity index (χ4v) is 4.46. The minimum atomic E-state index is -3.53. The fraction of sp³-hybridized carbons (Fsp3) is 0.381. The number of aliphatic imine (C=N–C) groups is 1. The highest BCUT2D eigenvalue weighted by Gasteiger charge is 2.19. The van der Waals surface area contributed by atoms with Gasteiger partial charge >= 0.3 is 0 Å². The molecule has 2 aromatic carbocycles. The maximum atomic E-state index is 11.5. The Morgan fingerprint density at radius 2 is 1.93 bits per heavy atom. The molecule has 0 fully saturated rings. The number of halogens is 2. The summed E-state index contributed by atoms with van der Waals surface area (Å²) < 4.78 is 35.1. The summed E-state index contributed by atoms with van der Waals surface area (Å²) >= 11 is 6.83. The maximum absolute atomic E-state index is 11.5. The van der Waals surface area contributed by atoms with Gasteiger partial charge in [0.1, 0.15) is 18.5 Å². The first-order valence-corrected chi connectivity index (χ1v) is 13.1. The molecule has 0 saturated carbocycles. The molecule has 5 nitrogen and oxygen atoms in total. The number of ether oxygens (including phenoxy) is 1. The first kappa shape index (κ1) is 22.5. The molecule has 0 radical (unpaired) electrons. The molecule has 156 valence electrons. The van der Waals surface area contributed by atoms with Crippen molar-refractivity contribution in [3.05, 3.63) is 63.6 Å². The van der Waals surface area contributed by atoms with E-state index in [2.05, 4.69) is 44.0 Å². The number of hydrogen-bond donors (Lipinski definition) is 0. The van der Waals surface area contributed by atoms with Crippen molar-refractivity contribution < 1.29 is 17.3 Å². The van der Waals surface area contributed by atoms with Crippen LogP contribution in [0, 0.1) is 0 Å². The van der Waals surface area contributed by atoms with Crippen molar-refractivity contribution in [1.29, 1.82) is 0 Å². The zero-order valence-electron chi connectivity index (χ0n) is 16.1. The van der Waals surface area contributed by atoms with E-state index in [1.807, 2.05) is 30.3 Å². The van der Waals surface area contributed by atoms with Gasteiger partial charge in [0.2, 0.25) is 0 Å². The van der Waals surface area contributed by atoms with Gasteiger partial charge in [0.15, 0.2) is 0 Å². The van der Waals surface area contributed by atoms with Gasteiger partial charge in [-0.25, -0.2) is 0 Å². The summed E-state index contributed by atoms with van der Waals surface area (Å²) in [5.41, 5.74) is 4.35. The number of fused-ring (bicyclic) bond motifs is 1. The molecule has 0 amide bonds. The van der Waals surface area contributed by atoms with Gasteiger partial charge < -0.3 is 4.74 Å². The summed E-state index contributed by atoms with van der Waals surface area (Å²) in [7, 11) is -3.53. The Balaban J connectivity index is 1.73. The molecule has 0 N–H and O–H groups in total. The third kappa shape index (κ3) is 6.64. The highest BCUT2D eigenvalue weighted by atomic mass is 79.9. The Bertz CT molecular complexity index is 975. The van der Waals surface area contributed by atoms with Crippen LogP contribution in [0.4, 0.5) is 0 Å². The second-order valence-corrected chi connectivity index (χ2v) is 10.2. The van der Waals surface area contributed by atoms with Crippen molar-refractivity contribution in [2.75, 3.05) is 24.7 Å². The third-order valence-corrected chi connectivity index (χ3v) is 6.22. The molecule has 0 aliphatic carbocycles. The number of nitrogens with zero attached hydrogens (tertiary/aromatic N) is 1. The van der Waals surface area contributed by atoms with Crippen molar-refractivity contribution in [3.8, 4) is 5.75 Å². The van der Waals surface area contributed by atoms with Crippen LogP contribution >= 0.6 is 31.9 Å². The van der Waals surface area contributed by atoms with Crippen LogP contribution < -0.4 is 4.74 Å². The third-order valence-electron chi connectivity index (χ3n) is 4.51. The van der Waals surface area contributed by atoms with E-state index in [0.29, 0.717) is 12.2 Å². The molecule has 1 atom stereocenters. The summed E-state index contributed by atoms with van der Waals surface area (Å²) in [6, 6.07) is 14.1. The molecule has 2 aromatic rings. The lowest BCUT2D eigenvalue weighted by atomic mass is 9.93. The summed E-state index contributed by atoms with van der Waals surface area (Å²) in [5.74, 6) is 0.710. The lowest BCUT2D eigenvalue weighted by molar-refractivity contribution is 0.127. The van der Waals surface area contributed by atoms with E-state index < -0.39 is 16.2 Å². The quantitative estimate of drug-likeness (QED) is 0.338. The molecule has 3 rings (SSSR count). The van der Waals surface area contributed by atoms with E-state index in [1.165, 1.54) is 5.56 Å². The molecule has 0 saturated heterocycles. The summed E-state index contributed by atoms with van der Waals surface area (Å²) in [4.78, 5) is 4.72. The minimum absolute atomic E-state index is 0.187. The van der Waals surface area contributed by atoms with Gasteiger partial charge in [0, 0.05) is 27.5 Å². The molecule has 1 unspecified atom stereocenters. The van der Waals surface area contributed by atoms with Crippen molar-refractivity contribution in [2.24, 2.45) is 4.99 Å². The predicted molar refractivity (Wildman–Crippen MR) is 123 cm³/mol. The van der Waals surface area contributed by atoms with Gasteiger partial charge in [0.25, 0.3) is 10.1 Å². The Kier molecular flexibility index (Phi) is 7.90. The fourth-order valence-electron chi connectivity index (χ4n) is 3.23. The number of hydrogen-bond acceptors (Lipinski definition) is 5. The van der Waals surface area contributed by atoms with E-state index in [0.717, 1.165) is 52.3 Å². The Hall–Kier alpha value is -1.22. The van der Waals surface area contributed by atoms with Gasteiger partial charge in [-0.3, -0.25) is 9.18 Å². The Morgan fingerprint density at radius 3 is 2.62 bits per heavy atom. The van der Waals surface area contributed by atoms with Crippen LogP contribution in [0.5, 0.6) is 5.75 Å². The largest absolute Gasteiger partial charge is 0.491 e. The summed E-state index contributed by atoms with van der Waals surface area (Å²) in [6.07, 6.45) is 2.82. The van der Waals surface area contributed by atoms with Crippen molar-refractivity contribution in [3.63, 3.8) is 0 Å². The lowest BCUT2D eigenvalue weighted by Crippen LogP contribution is -2.25. The van der Waals surface area contributed by atoms with Gasteiger partial charge in [0.05, 0.1) is 12.0 Å². The minimum Gasteiger partial charge on any atom is -0.491 e. The average molecular weight is 545 g/mol. The van der Waals surface area contributed by atoms with Crippen LogP contribution in [-0.2, 0) is 20.7 Å². The van der Waals surface area contributed by atoms with Crippen molar-refractivity contribution in [2.45, 2.75) is 25.4 Å². The van der Waals surface area contributed by atoms with E-state index in [-0.39, 0.29) is 6.61 Å². The number of benzene rings is 2. The lowest BCUT2D eigenvalue weighted by Gasteiger charge is -2.20. The topological polar surface area (TPSA) is 65.0 Å². The molecule has 1 heterocycles. The highest BCUT2D eigenvalue weighted by molar-refractivity contribution is 9.10. The SMILES string of the molecule is CS(=O)(=O)OC(CCCBr)COc1ccc2c(c1)CCN=C2c1ccc(Br)cc1. The van der Waals surface area contributed by atoms with Crippen LogP contribution in [-0.4, -0.2) is 45.0 Å². The van der Waals surface area contributed by atoms with Crippen LogP contribution in [0.1, 0.15) is 29.5 Å². The molecule has 1 aliphatic rings.